The van der Waals surface area contributed by atoms with Gasteiger partial charge < -0.3 is 15.4 Å². The van der Waals surface area contributed by atoms with Crippen LogP contribution in [-0.4, -0.2) is 25.8 Å². The largest absolute Gasteiger partial charge is 0.450 e. The Morgan fingerprint density at radius 2 is 2.25 bits per heavy atom. The van der Waals surface area contributed by atoms with Crippen LogP contribution in [0.15, 0.2) is 24.3 Å². The first kappa shape index (κ1) is 12.6. The molecule has 0 atom stereocenters. The van der Waals surface area contributed by atoms with Crippen LogP contribution in [0.1, 0.15) is 6.92 Å². The van der Waals surface area contributed by atoms with Crippen LogP contribution in [0, 0.1) is 0 Å². The number of anilines is 1. The molecule has 0 aliphatic rings. The molecule has 0 spiro atoms. The molecule has 0 aliphatic heterocycles. The van der Waals surface area contributed by atoms with Gasteiger partial charge in [0.25, 0.3) is 0 Å². The Balaban J connectivity index is 2.18. The van der Waals surface area contributed by atoms with Crippen LogP contribution < -0.4 is 10.6 Å². The second kappa shape index (κ2) is 6.95. The zero-order chi connectivity index (χ0) is 11.8. The fraction of sp³-hybridized carbons (Fsp3) is 0.364. The summed E-state index contributed by atoms with van der Waals surface area (Å²) in [4.78, 5) is 10.9. The quantitative estimate of drug-likeness (QED) is 0.780. The van der Waals surface area contributed by atoms with E-state index in [2.05, 4.69) is 10.6 Å². The summed E-state index contributed by atoms with van der Waals surface area (Å²) in [5.74, 6) is 0. The Labute approximate surface area is 99.9 Å². The lowest BCUT2D eigenvalue weighted by Gasteiger charge is -2.07. The Hall–Kier alpha value is -1.42. The van der Waals surface area contributed by atoms with Gasteiger partial charge in [0.1, 0.15) is 0 Å². The van der Waals surface area contributed by atoms with E-state index in [0.717, 1.165) is 5.69 Å². The van der Waals surface area contributed by atoms with E-state index in [1.54, 1.807) is 6.92 Å². The first-order valence-corrected chi connectivity index (χ1v) is 5.50. The van der Waals surface area contributed by atoms with E-state index in [-0.39, 0.29) is 0 Å². The summed E-state index contributed by atoms with van der Waals surface area (Å²) in [6, 6.07) is 7.41. The summed E-state index contributed by atoms with van der Waals surface area (Å²) in [5.41, 5.74) is 0.929. The van der Waals surface area contributed by atoms with Crippen molar-refractivity contribution in [3.05, 3.63) is 29.3 Å². The summed E-state index contributed by atoms with van der Waals surface area (Å²) < 4.78 is 4.71. The van der Waals surface area contributed by atoms with E-state index in [9.17, 15) is 4.79 Å². The monoisotopic (exact) mass is 242 g/mol. The minimum atomic E-state index is -0.393. The summed E-state index contributed by atoms with van der Waals surface area (Å²) in [5, 5.41) is 6.42. The smallest absolute Gasteiger partial charge is 0.407 e. The van der Waals surface area contributed by atoms with Gasteiger partial charge in [-0.3, -0.25) is 0 Å². The van der Waals surface area contributed by atoms with Crippen LogP contribution in [0.4, 0.5) is 10.5 Å². The molecule has 0 heterocycles. The summed E-state index contributed by atoms with van der Waals surface area (Å²) in [6.07, 6.45) is -0.393. The molecule has 5 heteroatoms. The number of carbonyl (C=O) groups excluding carboxylic acids is 1. The van der Waals surface area contributed by atoms with Crippen LogP contribution >= 0.6 is 11.6 Å². The molecule has 1 aromatic carbocycles. The second-order valence-electron chi connectivity index (χ2n) is 3.08. The van der Waals surface area contributed by atoms with Crippen LogP contribution in [0.25, 0.3) is 0 Å². The van der Waals surface area contributed by atoms with Crippen LogP contribution in [0.5, 0.6) is 0 Å². The highest BCUT2D eigenvalue weighted by atomic mass is 35.5. The highest BCUT2D eigenvalue weighted by molar-refractivity contribution is 6.30. The van der Waals surface area contributed by atoms with E-state index < -0.39 is 6.09 Å². The fourth-order valence-electron chi connectivity index (χ4n) is 1.15. The van der Waals surface area contributed by atoms with Gasteiger partial charge in [-0.1, -0.05) is 17.7 Å². The molecular weight excluding hydrogens is 228 g/mol. The molecule has 0 unspecified atom stereocenters. The molecule has 0 saturated heterocycles. The summed E-state index contributed by atoms with van der Waals surface area (Å²) in [7, 11) is 0. The number of alkyl carbamates (subject to hydrolysis) is 1. The second-order valence-corrected chi connectivity index (χ2v) is 3.52. The Morgan fingerprint density at radius 1 is 1.44 bits per heavy atom. The zero-order valence-electron chi connectivity index (χ0n) is 9.13. The predicted octanol–water partition coefficient (Wildman–Crippen LogP) is 2.50. The number of ether oxygens (including phenoxy) is 1. The van der Waals surface area contributed by atoms with Crippen molar-refractivity contribution in [2.45, 2.75) is 6.92 Å². The molecule has 0 saturated carbocycles. The van der Waals surface area contributed by atoms with Crippen molar-refractivity contribution in [1.29, 1.82) is 0 Å². The number of hydrogen-bond donors (Lipinski definition) is 2. The molecule has 0 bridgehead atoms. The Bertz CT molecular complexity index is 345. The highest BCUT2D eigenvalue weighted by Crippen LogP contribution is 2.14. The van der Waals surface area contributed by atoms with Gasteiger partial charge in [0.2, 0.25) is 0 Å². The number of carbonyl (C=O) groups is 1. The number of nitrogens with one attached hydrogen (secondary N) is 2. The fourth-order valence-corrected chi connectivity index (χ4v) is 1.34. The van der Waals surface area contributed by atoms with Crippen molar-refractivity contribution in [3.63, 3.8) is 0 Å². The van der Waals surface area contributed by atoms with Gasteiger partial charge >= 0.3 is 6.09 Å². The molecule has 0 aromatic heterocycles. The van der Waals surface area contributed by atoms with E-state index in [4.69, 9.17) is 16.3 Å². The van der Waals surface area contributed by atoms with Crippen LogP contribution in [0.3, 0.4) is 0 Å². The average molecular weight is 243 g/mol. The first-order chi connectivity index (χ1) is 7.72. The van der Waals surface area contributed by atoms with E-state index >= 15 is 0 Å². The lowest BCUT2D eigenvalue weighted by molar-refractivity contribution is 0.152. The van der Waals surface area contributed by atoms with Crippen molar-refractivity contribution in [3.8, 4) is 0 Å². The molecule has 88 valence electrons. The molecule has 0 fully saturated rings. The predicted molar refractivity (Wildman–Crippen MR) is 65.0 cm³/mol. The number of amides is 1. The third-order valence-electron chi connectivity index (χ3n) is 1.82. The molecule has 0 radical (unpaired) electrons. The van der Waals surface area contributed by atoms with Crippen LogP contribution in [-0.2, 0) is 4.74 Å². The van der Waals surface area contributed by atoms with Crippen molar-refractivity contribution >= 4 is 23.4 Å². The van der Waals surface area contributed by atoms with Crippen molar-refractivity contribution in [2.24, 2.45) is 0 Å². The maximum Gasteiger partial charge on any atom is 0.407 e. The molecular formula is C11H15ClN2O2. The molecule has 4 nitrogen and oxygen atoms in total. The topological polar surface area (TPSA) is 50.4 Å². The third kappa shape index (κ3) is 4.89. The van der Waals surface area contributed by atoms with Gasteiger partial charge in [0.15, 0.2) is 0 Å². The molecule has 0 aliphatic carbocycles. The molecule has 2 N–H and O–H groups in total. The average Bonchev–Trinajstić information content (AvgIpc) is 2.25. The molecule has 1 amide bonds. The molecule has 1 aromatic rings. The number of benzene rings is 1. The van der Waals surface area contributed by atoms with E-state index in [1.807, 2.05) is 24.3 Å². The number of hydrogen-bond acceptors (Lipinski definition) is 3. The van der Waals surface area contributed by atoms with Crippen molar-refractivity contribution in [2.75, 3.05) is 25.0 Å². The SMILES string of the molecule is CCOC(=O)NCCNc1cccc(Cl)c1. The molecule has 16 heavy (non-hydrogen) atoms. The van der Waals surface area contributed by atoms with Gasteiger partial charge in [-0.2, -0.15) is 0 Å². The van der Waals surface area contributed by atoms with Gasteiger partial charge in [-0.15, -0.1) is 0 Å². The van der Waals surface area contributed by atoms with E-state index in [1.165, 1.54) is 0 Å². The number of rotatable bonds is 5. The first-order valence-electron chi connectivity index (χ1n) is 5.12. The van der Waals surface area contributed by atoms with Crippen LogP contribution in [0.2, 0.25) is 5.02 Å². The lowest BCUT2D eigenvalue weighted by Crippen LogP contribution is -2.29. The van der Waals surface area contributed by atoms with Gasteiger partial charge in [-0.05, 0) is 25.1 Å². The Kier molecular flexibility index (Phi) is 5.50. The summed E-state index contributed by atoms with van der Waals surface area (Å²) >= 11 is 5.82. The zero-order valence-corrected chi connectivity index (χ0v) is 9.88. The van der Waals surface area contributed by atoms with Gasteiger partial charge in [0, 0.05) is 23.8 Å². The van der Waals surface area contributed by atoms with Crippen molar-refractivity contribution < 1.29 is 9.53 Å². The lowest BCUT2D eigenvalue weighted by atomic mass is 10.3. The minimum Gasteiger partial charge on any atom is -0.450 e. The van der Waals surface area contributed by atoms with Gasteiger partial charge in [0.05, 0.1) is 6.61 Å². The highest BCUT2D eigenvalue weighted by Gasteiger charge is 1.98. The minimum absolute atomic E-state index is 0.382. The third-order valence-corrected chi connectivity index (χ3v) is 2.06. The normalized spacial score (nSPS) is 9.62. The van der Waals surface area contributed by atoms with E-state index in [0.29, 0.717) is 24.7 Å². The van der Waals surface area contributed by atoms with Gasteiger partial charge in [-0.25, -0.2) is 4.79 Å². The summed E-state index contributed by atoms with van der Waals surface area (Å²) in [6.45, 7) is 3.28. The standard InChI is InChI=1S/C11H15ClN2O2/c1-2-16-11(15)14-7-6-13-10-5-3-4-9(12)8-10/h3-5,8,13H,2,6-7H2,1H3,(H,14,15). The van der Waals surface area contributed by atoms with Crippen molar-refractivity contribution in [1.82, 2.24) is 5.32 Å². The molecule has 1 rings (SSSR count). The maximum absolute atomic E-state index is 10.9. The maximum atomic E-state index is 10.9. The number of halogens is 1. The Morgan fingerprint density at radius 3 is 2.94 bits per heavy atom.